The summed E-state index contributed by atoms with van der Waals surface area (Å²) in [7, 11) is 1.99. The molecular weight excluding hydrogens is 234 g/mol. The normalized spacial score (nSPS) is 15.3. The van der Waals surface area contributed by atoms with Gasteiger partial charge in [0.05, 0.1) is 12.1 Å². The molecule has 2 nitrogen and oxygen atoms in total. The van der Waals surface area contributed by atoms with Crippen LogP contribution < -0.4 is 5.32 Å². The second kappa shape index (κ2) is 7.06. The zero-order valence-corrected chi connectivity index (χ0v) is 13.3. The molecule has 0 aliphatic rings. The van der Waals surface area contributed by atoms with Crippen LogP contribution in [0.4, 0.5) is 0 Å². The number of hydrogen-bond acceptors (Lipinski definition) is 2. The number of ether oxygens (including phenoxy) is 1. The Kier molecular flexibility index (Phi) is 6.02. The molecule has 0 amide bonds. The van der Waals surface area contributed by atoms with Gasteiger partial charge in [-0.3, -0.25) is 0 Å². The molecule has 0 aliphatic heterocycles. The van der Waals surface area contributed by atoms with Gasteiger partial charge in [0.2, 0.25) is 0 Å². The molecule has 0 radical (unpaired) electrons. The van der Waals surface area contributed by atoms with Crippen LogP contribution >= 0.6 is 0 Å². The number of likely N-dealkylation sites (N-methyl/N-ethyl adjacent to an activating group) is 1. The van der Waals surface area contributed by atoms with Gasteiger partial charge in [0.25, 0.3) is 0 Å². The van der Waals surface area contributed by atoms with Gasteiger partial charge in [0, 0.05) is 6.61 Å². The molecule has 2 unspecified atom stereocenters. The highest BCUT2D eigenvalue weighted by molar-refractivity contribution is 5.24. The maximum Gasteiger partial charge on any atom is 0.0741 e. The summed E-state index contributed by atoms with van der Waals surface area (Å²) in [5, 5.41) is 3.36. The Morgan fingerprint density at radius 1 is 1.16 bits per heavy atom. The van der Waals surface area contributed by atoms with Crippen LogP contribution in [0.1, 0.15) is 51.3 Å². The summed E-state index contributed by atoms with van der Waals surface area (Å²) >= 11 is 0. The summed E-state index contributed by atoms with van der Waals surface area (Å²) in [5.74, 6) is 0. The van der Waals surface area contributed by atoms with Gasteiger partial charge in [0.1, 0.15) is 0 Å². The van der Waals surface area contributed by atoms with E-state index in [4.69, 9.17) is 4.74 Å². The van der Waals surface area contributed by atoms with Gasteiger partial charge in [-0.25, -0.2) is 0 Å². The van der Waals surface area contributed by atoms with E-state index >= 15 is 0 Å². The standard InChI is InChI=1S/C17H29NO/c1-13-7-9-15(10-8-13)16(18-6)14(2)19-12-11-17(3,4)5/h7-10,14,16,18H,11-12H2,1-6H3. The first kappa shape index (κ1) is 16.2. The van der Waals surface area contributed by atoms with Crippen LogP contribution in [0, 0.1) is 12.3 Å². The monoisotopic (exact) mass is 263 g/mol. The average molecular weight is 263 g/mol. The summed E-state index contributed by atoms with van der Waals surface area (Å²) in [6, 6.07) is 8.92. The number of rotatable bonds is 6. The predicted molar refractivity (Wildman–Crippen MR) is 82.5 cm³/mol. The first-order chi connectivity index (χ1) is 8.83. The Morgan fingerprint density at radius 3 is 2.21 bits per heavy atom. The summed E-state index contributed by atoms with van der Waals surface area (Å²) in [5.41, 5.74) is 2.91. The molecule has 108 valence electrons. The molecule has 0 saturated heterocycles. The Morgan fingerprint density at radius 2 is 1.74 bits per heavy atom. The van der Waals surface area contributed by atoms with E-state index in [9.17, 15) is 0 Å². The van der Waals surface area contributed by atoms with E-state index < -0.39 is 0 Å². The van der Waals surface area contributed by atoms with Crippen LogP contribution in [0.2, 0.25) is 0 Å². The van der Waals surface area contributed by atoms with Gasteiger partial charge >= 0.3 is 0 Å². The SMILES string of the molecule is CNC(c1ccc(C)cc1)C(C)OCCC(C)(C)C. The van der Waals surface area contributed by atoms with Crippen molar-refractivity contribution in [2.75, 3.05) is 13.7 Å². The second-order valence-electron chi connectivity index (χ2n) is 6.56. The highest BCUT2D eigenvalue weighted by Gasteiger charge is 2.19. The van der Waals surface area contributed by atoms with E-state index in [0.29, 0.717) is 5.41 Å². The molecule has 2 heteroatoms. The first-order valence-corrected chi connectivity index (χ1v) is 7.19. The molecule has 0 spiro atoms. The van der Waals surface area contributed by atoms with Gasteiger partial charge in [-0.1, -0.05) is 50.6 Å². The Bertz CT molecular complexity index is 364. The third-order valence-corrected chi connectivity index (χ3v) is 3.45. The largest absolute Gasteiger partial charge is 0.377 e. The topological polar surface area (TPSA) is 21.3 Å². The molecule has 0 saturated carbocycles. The van der Waals surface area contributed by atoms with Crippen molar-refractivity contribution < 1.29 is 4.74 Å². The molecule has 0 heterocycles. The highest BCUT2D eigenvalue weighted by Crippen LogP contribution is 2.22. The number of nitrogens with one attached hydrogen (secondary N) is 1. The fourth-order valence-corrected chi connectivity index (χ4v) is 2.09. The van der Waals surface area contributed by atoms with Crippen LogP contribution in [-0.4, -0.2) is 19.8 Å². The number of benzene rings is 1. The summed E-state index contributed by atoms with van der Waals surface area (Å²) in [6.07, 6.45) is 1.26. The minimum absolute atomic E-state index is 0.176. The summed E-state index contributed by atoms with van der Waals surface area (Å²) in [6.45, 7) is 11.8. The van der Waals surface area contributed by atoms with Crippen molar-refractivity contribution >= 4 is 0 Å². The van der Waals surface area contributed by atoms with Crippen LogP contribution in [0.25, 0.3) is 0 Å². The summed E-state index contributed by atoms with van der Waals surface area (Å²) < 4.78 is 5.99. The molecule has 2 atom stereocenters. The Labute approximate surface area is 118 Å². The van der Waals surface area contributed by atoms with Gasteiger partial charge in [-0.05, 0) is 38.3 Å². The third-order valence-electron chi connectivity index (χ3n) is 3.45. The Balaban J connectivity index is 2.57. The van der Waals surface area contributed by atoms with Crippen molar-refractivity contribution in [3.63, 3.8) is 0 Å². The van der Waals surface area contributed by atoms with E-state index in [0.717, 1.165) is 13.0 Å². The smallest absolute Gasteiger partial charge is 0.0741 e. The van der Waals surface area contributed by atoms with E-state index in [-0.39, 0.29) is 12.1 Å². The minimum atomic E-state index is 0.176. The van der Waals surface area contributed by atoms with Crippen molar-refractivity contribution in [2.24, 2.45) is 5.41 Å². The second-order valence-corrected chi connectivity index (χ2v) is 6.56. The van der Waals surface area contributed by atoms with Crippen LogP contribution in [-0.2, 0) is 4.74 Å². The number of hydrogen-bond donors (Lipinski definition) is 1. The van der Waals surface area contributed by atoms with Gasteiger partial charge in [-0.2, -0.15) is 0 Å². The maximum atomic E-state index is 5.99. The minimum Gasteiger partial charge on any atom is -0.377 e. The molecule has 0 aromatic heterocycles. The lowest BCUT2D eigenvalue weighted by atomic mass is 9.93. The van der Waals surface area contributed by atoms with Gasteiger partial charge in [0.15, 0.2) is 0 Å². The highest BCUT2D eigenvalue weighted by atomic mass is 16.5. The van der Waals surface area contributed by atoms with Crippen molar-refractivity contribution in [1.82, 2.24) is 5.32 Å². The third kappa shape index (κ3) is 5.75. The molecule has 19 heavy (non-hydrogen) atoms. The van der Waals surface area contributed by atoms with Crippen molar-refractivity contribution in [3.8, 4) is 0 Å². The van der Waals surface area contributed by atoms with Crippen molar-refractivity contribution in [1.29, 1.82) is 0 Å². The van der Waals surface area contributed by atoms with E-state index in [1.807, 2.05) is 7.05 Å². The summed E-state index contributed by atoms with van der Waals surface area (Å²) in [4.78, 5) is 0. The lowest BCUT2D eigenvalue weighted by molar-refractivity contribution is 0.0265. The lowest BCUT2D eigenvalue weighted by Crippen LogP contribution is -2.30. The molecule has 0 aliphatic carbocycles. The molecular formula is C17H29NO. The predicted octanol–water partition coefficient (Wildman–Crippen LogP) is 4.10. The fourth-order valence-electron chi connectivity index (χ4n) is 2.09. The average Bonchev–Trinajstić information content (AvgIpc) is 2.31. The number of aryl methyl sites for hydroxylation is 1. The van der Waals surface area contributed by atoms with Crippen LogP contribution in [0.5, 0.6) is 0 Å². The molecule has 0 bridgehead atoms. The van der Waals surface area contributed by atoms with Crippen LogP contribution in [0.3, 0.4) is 0 Å². The first-order valence-electron chi connectivity index (χ1n) is 7.19. The molecule has 1 aromatic rings. The lowest BCUT2D eigenvalue weighted by Gasteiger charge is -2.26. The zero-order valence-electron chi connectivity index (χ0n) is 13.3. The van der Waals surface area contributed by atoms with E-state index in [1.165, 1.54) is 11.1 Å². The molecule has 1 N–H and O–H groups in total. The maximum absolute atomic E-state index is 5.99. The van der Waals surface area contributed by atoms with Crippen molar-refractivity contribution in [3.05, 3.63) is 35.4 Å². The van der Waals surface area contributed by atoms with Crippen LogP contribution in [0.15, 0.2) is 24.3 Å². The molecule has 1 rings (SSSR count). The van der Waals surface area contributed by atoms with Gasteiger partial charge in [-0.15, -0.1) is 0 Å². The molecule has 0 fully saturated rings. The fraction of sp³-hybridized carbons (Fsp3) is 0.647. The zero-order chi connectivity index (χ0) is 14.5. The van der Waals surface area contributed by atoms with E-state index in [1.54, 1.807) is 0 Å². The molecule has 1 aromatic carbocycles. The Hall–Kier alpha value is -0.860. The van der Waals surface area contributed by atoms with E-state index in [2.05, 4.69) is 64.2 Å². The van der Waals surface area contributed by atoms with Gasteiger partial charge < -0.3 is 10.1 Å². The van der Waals surface area contributed by atoms with Crippen molar-refractivity contribution in [2.45, 2.75) is 53.2 Å². The quantitative estimate of drug-likeness (QED) is 0.834.